The van der Waals surface area contributed by atoms with Crippen LogP contribution >= 0.6 is 0 Å². The fourth-order valence-corrected chi connectivity index (χ4v) is 5.18. The van der Waals surface area contributed by atoms with Gasteiger partial charge in [0.2, 0.25) is 15.9 Å². The van der Waals surface area contributed by atoms with Crippen LogP contribution in [0.15, 0.2) is 53.4 Å². The van der Waals surface area contributed by atoms with Crippen LogP contribution in [-0.4, -0.2) is 37.8 Å². The van der Waals surface area contributed by atoms with Gasteiger partial charge in [-0.3, -0.25) is 10.1 Å². The van der Waals surface area contributed by atoms with Crippen LogP contribution in [0.2, 0.25) is 0 Å². The van der Waals surface area contributed by atoms with Crippen LogP contribution in [0.1, 0.15) is 50.3 Å². The lowest BCUT2D eigenvalue weighted by atomic mass is 10.0. The molecule has 0 bridgehead atoms. The molecule has 0 spiro atoms. The second kappa shape index (κ2) is 9.73. The Bertz CT molecular complexity index is 950. The minimum Gasteiger partial charge on any atom is -0.325 e. The quantitative estimate of drug-likeness (QED) is 0.668. The average Bonchev–Trinajstić information content (AvgIpc) is 3.29. The summed E-state index contributed by atoms with van der Waals surface area (Å²) in [5.74, 6) is -0.157. The highest BCUT2D eigenvalue weighted by atomic mass is 32.2. The lowest BCUT2D eigenvalue weighted by molar-refractivity contribution is -0.118. The minimum absolute atomic E-state index is 0.0827. The van der Waals surface area contributed by atoms with E-state index in [0.29, 0.717) is 18.8 Å². The van der Waals surface area contributed by atoms with Crippen molar-refractivity contribution in [3.63, 3.8) is 0 Å². The van der Waals surface area contributed by atoms with Crippen LogP contribution < -0.4 is 10.6 Å². The zero-order chi connectivity index (χ0) is 21.7. The normalized spacial score (nSPS) is 16.9. The molecule has 3 rings (SSSR count). The average molecular weight is 430 g/mol. The standard InChI is InChI=1S/C23H31N3O3S/c1-4-22(19-9-7-17(2)8-10-19)24-18(3)23(27)25-20-11-13-21(14-12-20)30(28,29)26-15-5-6-16-26/h7-14,18,22,24H,4-6,15-16H2,1-3H3,(H,25,27)/t18-,22-/m1/s1. The summed E-state index contributed by atoms with van der Waals surface area (Å²) in [5, 5.41) is 6.25. The maximum Gasteiger partial charge on any atom is 0.243 e. The van der Waals surface area contributed by atoms with Crippen molar-refractivity contribution in [2.45, 2.75) is 57.0 Å². The van der Waals surface area contributed by atoms with Crippen molar-refractivity contribution in [1.29, 1.82) is 0 Å². The summed E-state index contributed by atoms with van der Waals surface area (Å²) < 4.78 is 26.7. The second-order valence-corrected chi connectivity index (χ2v) is 9.82. The van der Waals surface area contributed by atoms with E-state index in [2.05, 4.69) is 48.7 Å². The smallest absolute Gasteiger partial charge is 0.243 e. The van der Waals surface area contributed by atoms with Crippen LogP contribution in [-0.2, 0) is 14.8 Å². The Balaban J connectivity index is 1.61. The van der Waals surface area contributed by atoms with E-state index >= 15 is 0 Å². The number of sulfonamides is 1. The number of rotatable bonds is 8. The molecule has 162 valence electrons. The Labute approximate surface area is 179 Å². The molecule has 0 unspecified atom stereocenters. The van der Waals surface area contributed by atoms with E-state index in [-0.39, 0.29) is 16.8 Å². The first-order valence-corrected chi connectivity index (χ1v) is 12.0. The molecule has 2 aromatic rings. The van der Waals surface area contributed by atoms with Gasteiger partial charge in [-0.25, -0.2) is 8.42 Å². The maximum absolute atomic E-state index is 12.6. The van der Waals surface area contributed by atoms with Crippen molar-refractivity contribution in [3.8, 4) is 0 Å². The van der Waals surface area contributed by atoms with Crippen LogP contribution in [0.4, 0.5) is 5.69 Å². The molecule has 1 fully saturated rings. The summed E-state index contributed by atoms with van der Waals surface area (Å²) in [5.41, 5.74) is 2.94. The van der Waals surface area contributed by atoms with E-state index in [1.165, 1.54) is 9.87 Å². The molecule has 2 aromatic carbocycles. The highest BCUT2D eigenvalue weighted by Crippen LogP contribution is 2.22. The van der Waals surface area contributed by atoms with E-state index in [4.69, 9.17) is 0 Å². The SMILES string of the molecule is CC[C@@H](N[C@H](C)C(=O)Nc1ccc(S(=O)(=O)N2CCCC2)cc1)c1ccc(C)cc1. The fraction of sp³-hybridized carbons (Fsp3) is 0.435. The van der Waals surface area contributed by atoms with Gasteiger partial charge in [-0.1, -0.05) is 36.8 Å². The van der Waals surface area contributed by atoms with Crippen LogP contribution in [0.3, 0.4) is 0 Å². The van der Waals surface area contributed by atoms with Crippen molar-refractivity contribution in [3.05, 3.63) is 59.7 Å². The van der Waals surface area contributed by atoms with E-state index in [0.717, 1.165) is 24.8 Å². The summed E-state index contributed by atoms with van der Waals surface area (Å²) in [6, 6.07) is 14.4. The van der Waals surface area contributed by atoms with E-state index < -0.39 is 16.1 Å². The third kappa shape index (κ3) is 5.28. The number of carbonyl (C=O) groups is 1. The van der Waals surface area contributed by atoms with Crippen molar-refractivity contribution in [1.82, 2.24) is 9.62 Å². The van der Waals surface area contributed by atoms with Gasteiger partial charge in [0.15, 0.2) is 0 Å². The highest BCUT2D eigenvalue weighted by Gasteiger charge is 2.27. The number of hydrogen-bond donors (Lipinski definition) is 2. The van der Waals surface area contributed by atoms with Gasteiger partial charge in [0.05, 0.1) is 10.9 Å². The molecule has 1 amide bonds. The first kappa shape index (κ1) is 22.5. The monoisotopic (exact) mass is 429 g/mol. The second-order valence-electron chi connectivity index (χ2n) is 7.88. The Morgan fingerprint density at radius 2 is 1.63 bits per heavy atom. The molecule has 0 aromatic heterocycles. The third-order valence-corrected chi connectivity index (χ3v) is 7.47. The number of nitrogens with one attached hydrogen (secondary N) is 2. The van der Waals surface area contributed by atoms with Gasteiger partial charge < -0.3 is 5.32 Å². The molecule has 1 aliphatic rings. The number of anilines is 1. The van der Waals surface area contributed by atoms with Gasteiger partial charge in [-0.15, -0.1) is 0 Å². The van der Waals surface area contributed by atoms with Crippen molar-refractivity contribution in [2.24, 2.45) is 0 Å². The third-order valence-electron chi connectivity index (χ3n) is 5.56. The number of hydrogen-bond acceptors (Lipinski definition) is 4. The molecule has 1 heterocycles. The van der Waals surface area contributed by atoms with E-state index in [9.17, 15) is 13.2 Å². The number of nitrogens with zero attached hydrogens (tertiary/aromatic N) is 1. The Morgan fingerprint density at radius 1 is 1.03 bits per heavy atom. The number of carbonyl (C=O) groups excluding carboxylic acids is 1. The largest absolute Gasteiger partial charge is 0.325 e. The predicted molar refractivity (Wildman–Crippen MR) is 120 cm³/mol. The lowest BCUT2D eigenvalue weighted by Gasteiger charge is -2.22. The Morgan fingerprint density at radius 3 is 2.20 bits per heavy atom. The van der Waals surface area contributed by atoms with Gasteiger partial charge in [0.1, 0.15) is 0 Å². The summed E-state index contributed by atoms with van der Waals surface area (Å²) in [4.78, 5) is 12.9. The highest BCUT2D eigenvalue weighted by molar-refractivity contribution is 7.89. The van der Waals surface area contributed by atoms with E-state index in [1.807, 2.05) is 6.92 Å². The van der Waals surface area contributed by atoms with Crippen LogP contribution in [0, 0.1) is 6.92 Å². The number of benzene rings is 2. The van der Waals surface area contributed by atoms with Crippen molar-refractivity contribution >= 4 is 21.6 Å². The molecule has 2 N–H and O–H groups in total. The summed E-state index contributed by atoms with van der Waals surface area (Å²) in [6.45, 7) is 7.11. The van der Waals surface area contributed by atoms with Gasteiger partial charge in [-0.05, 0) is 62.9 Å². The summed E-state index contributed by atoms with van der Waals surface area (Å²) >= 11 is 0. The topological polar surface area (TPSA) is 78.5 Å². The minimum atomic E-state index is -3.45. The van der Waals surface area contributed by atoms with Crippen molar-refractivity contribution < 1.29 is 13.2 Å². The maximum atomic E-state index is 12.6. The molecule has 30 heavy (non-hydrogen) atoms. The molecule has 0 saturated carbocycles. The first-order valence-electron chi connectivity index (χ1n) is 10.5. The van der Waals surface area contributed by atoms with Gasteiger partial charge >= 0.3 is 0 Å². The molecule has 7 heteroatoms. The summed E-state index contributed by atoms with van der Waals surface area (Å²) in [7, 11) is -3.45. The fourth-order valence-electron chi connectivity index (χ4n) is 3.66. The Hall–Kier alpha value is -2.22. The van der Waals surface area contributed by atoms with Crippen LogP contribution in [0.5, 0.6) is 0 Å². The number of amides is 1. The van der Waals surface area contributed by atoms with Crippen molar-refractivity contribution in [2.75, 3.05) is 18.4 Å². The predicted octanol–water partition coefficient (Wildman–Crippen LogP) is 3.85. The molecule has 2 atom stereocenters. The number of aryl methyl sites for hydroxylation is 1. The van der Waals surface area contributed by atoms with Gasteiger partial charge in [0.25, 0.3) is 0 Å². The zero-order valence-corrected chi connectivity index (χ0v) is 18.7. The van der Waals surface area contributed by atoms with Gasteiger partial charge in [0, 0.05) is 24.8 Å². The molecule has 0 radical (unpaired) electrons. The molecule has 1 saturated heterocycles. The first-order chi connectivity index (χ1) is 14.3. The molecular formula is C23H31N3O3S. The molecule has 1 aliphatic heterocycles. The molecular weight excluding hydrogens is 398 g/mol. The van der Waals surface area contributed by atoms with Crippen LogP contribution in [0.25, 0.3) is 0 Å². The molecule has 0 aliphatic carbocycles. The van der Waals surface area contributed by atoms with Gasteiger partial charge in [-0.2, -0.15) is 4.31 Å². The van der Waals surface area contributed by atoms with E-state index in [1.54, 1.807) is 24.3 Å². The Kier molecular flexibility index (Phi) is 7.28. The molecule has 6 nitrogen and oxygen atoms in total. The zero-order valence-electron chi connectivity index (χ0n) is 17.9. The lowest BCUT2D eigenvalue weighted by Crippen LogP contribution is -2.40. The summed E-state index contributed by atoms with van der Waals surface area (Å²) in [6.07, 6.45) is 2.67.